The van der Waals surface area contributed by atoms with Crippen molar-refractivity contribution in [3.05, 3.63) is 10.6 Å². The minimum Gasteiger partial charge on any atom is -0.378 e. The van der Waals surface area contributed by atoms with Gasteiger partial charge in [0.25, 0.3) is 0 Å². The van der Waals surface area contributed by atoms with E-state index in [9.17, 15) is 4.79 Å². The van der Waals surface area contributed by atoms with Gasteiger partial charge in [-0.25, -0.2) is 4.98 Å². The van der Waals surface area contributed by atoms with Gasteiger partial charge < -0.3 is 15.0 Å². The molecule has 0 spiro atoms. The van der Waals surface area contributed by atoms with Gasteiger partial charge in [0.1, 0.15) is 4.32 Å². The van der Waals surface area contributed by atoms with Crippen molar-refractivity contribution in [2.24, 2.45) is 5.92 Å². The lowest BCUT2D eigenvalue weighted by Crippen LogP contribution is -2.39. The first kappa shape index (κ1) is 17.1. The molecule has 1 fully saturated rings. The normalized spacial score (nSPS) is 20.9. The Morgan fingerprint density at radius 3 is 3.09 bits per heavy atom. The molecule has 1 unspecified atom stereocenters. The third-order valence-corrected chi connectivity index (χ3v) is 6.59. The maximum absolute atomic E-state index is 12.1. The Balaban J connectivity index is 1.47. The fourth-order valence-electron chi connectivity index (χ4n) is 2.71. The molecule has 126 valence electrons. The first-order valence-corrected chi connectivity index (χ1v) is 10.1. The summed E-state index contributed by atoms with van der Waals surface area (Å²) in [5, 5.41) is 3.65. The number of thioether (sulfide) groups is 1. The van der Waals surface area contributed by atoms with Crippen LogP contribution < -0.4 is 5.32 Å². The third-order valence-electron chi connectivity index (χ3n) is 4.03. The Bertz CT molecular complexity index is 585. The van der Waals surface area contributed by atoms with Crippen LogP contribution in [0.2, 0.25) is 0 Å². The highest BCUT2D eigenvalue weighted by atomic mass is 32.2. The van der Waals surface area contributed by atoms with Crippen molar-refractivity contribution < 1.29 is 9.53 Å². The number of amides is 1. The number of aromatic nitrogens is 1. The molecule has 0 saturated carbocycles. The Morgan fingerprint density at radius 1 is 1.52 bits per heavy atom. The van der Waals surface area contributed by atoms with Gasteiger partial charge in [-0.15, -0.1) is 11.3 Å². The highest BCUT2D eigenvalue weighted by molar-refractivity contribution is 8.23. The van der Waals surface area contributed by atoms with Crippen molar-refractivity contribution >= 4 is 50.7 Å². The second-order valence-electron chi connectivity index (χ2n) is 5.94. The maximum atomic E-state index is 12.1. The first-order valence-electron chi connectivity index (χ1n) is 7.89. The quantitative estimate of drug-likeness (QED) is 0.824. The van der Waals surface area contributed by atoms with Gasteiger partial charge in [0.2, 0.25) is 5.91 Å². The number of rotatable bonds is 3. The van der Waals surface area contributed by atoms with Gasteiger partial charge in [0.15, 0.2) is 5.13 Å². The van der Waals surface area contributed by atoms with Gasteiger partial charge in [-0.1, -0.05) is 30.9 Å². The van der Waals surface area contributed by atoms with Crippen molar-refractivity contribution in [2.45, 2.75) is 26.2 Å². The number of fused-ring (bicyclic) bond motifs is 1. The van der Waals surface area contributed by atoms with Crippen molar-refractivity contribution in [3.63, 3.8) is 0 Å². The first-order chi connectivity index (χ1) is 11.1. The number of aryl methyl sites for hydroxylation is 1. The minimum atomic E-state index is -0.0373. The summed E-state index contributed by atoms with van der Waals surface area (Å²) in [7, 11) is 0. The highest BCUT2D eigenvalue weighted by Crippen LogP contribution is 2.32. The minimum absolute atomic E-state index is 0.0373. The lowest BCUT2D eigenvalue weighted by molar-refractivity contribution is -0.113. The highest BCUT2D eigenvalue weighted by Gasteiger charge is 2.21. The van der Waals surface area contributed by atoms with Gasteiger partial charge in [-0.3, -0.25) is 4.79 Å². The second-order valence-corrected chi connectivity index (χ2v) is 8.63. The fourth-order valence-corrected chi connectivity index (χ4v) is 4.95. The Labute approximate surface area is 150 Å². The molecule has 1 atom stereocenters. The molecule has 23 heavy (non-hydrogen) atoms. The van der Waals surface area contributed by atoms with Crippen LogP contribution in [0.15, 0.2) is 0 Å². The number of thiocarbonyl (C=S) groups is 1. The molecule has 1 aromatic rings. The van der Waals surface area contributed by atoms with Crippen LogP contribution in [-0.2, 0) is 22.4 Å². The van der Waals surface area contributed by atoms with Gasteiger partial charge in [0.05, 0.1) is 24.7 Å². The number of carbonyl (C=O) groups excluding carboxylic acids is 1. The lowest BCUT2D eigenvalue weighted by Gasteiger charge is -2.28. The molecular formula is C15H21N3O2S3. The molecule has 1 amide bonds. The summed E-state index contributed by atoms with van der Waals surface area (Å²) in [4.78, 5) is 20.1. The summed E-state index contributed by atoms with van der Waals surface area (Å²) >= 11 is 8.41. The summed E-state index contributed by atoms with van der Waals surface area (Å²) in [6.07, 6.45) is 3.30. The molecule has 1 aliphatic carbocycles. The number of nitrogens with one attached hydrogen (secondary N) is 1. The molecule has 2 heterocycles. The molecule has 1 N–H and O–H groups in total. The molecule has 5 nitrogen and oxygen atoms in total. The molecule has 3 rings (SSSR count). The van der Waals surface area contributed by atoms with E-state index in [1.54, 1.807) is 11.3 Å². The summed E-state index contributed by atoms with van der Waals surface area (Å²) in [6, 6.07) is 0. The number of ether oxygens (including phenoxy) is 1. The molecule has 8 heteroatoms. The van der Waals surface area contributed by atoms with Crippen LogP contribution in [0.3, 0.4) is 0 Å². The van der Waals surface area contributed by atoms with Crippen LogP contribution in [0.1, 0.15) is 23.9 Å². The number of morpholine rings is 1. The summed E-state index contributed by atoms with van der Waals surface area (Å²) in [5.41, 5.74) is 1.17. The summed E-state index contributed by atoms with van der Waals surface area (Å²) < 4.78 is 6.08. The van der Waals surface area contributed by atoms with Crippen LogP contribution in [-0.4, -0.2) is 52.2 Å². The molecule has 1 saturated heterocycles. The summed E-state index contributed by atoms with van der Waals surface area (Å²) in [5.74, 6) is 1.01. The van der Waals surface area contributed by atoms with Crippen LogP contribution in [0.5, 0.6) is 0 Å². The van der Waals surface area contributed by atoms with Gasteiger partial charge in [-0.05, 0) is 25.2 Å². The Morgan fingerprint density at radius 2 is 2.30 bits per heavy atom. The van der Waals surface area contributed by atoms with E-state index >= 15 is 0 Å². The van der Waals surface area contributed by atoms with Gasteiger partial charge >= 0.3 is 0 Å². The SMILES string of the molecule is CC1CCc2nc(NC(=O)CSC(=S)N3CCOCC3)sc2C1. The average Bonchev–Trinajstić information content (AvgIpc) is 2.94. The number of anilines is 1. The largest absolute Gasteiger partial charge is 0.378 e. The monoisotopic (exact) mass is 371 g/mol. The molecule has 1 aliphatic heterocycles. The van der Waals surface area contributed by atoms with E-state index in [0.29, 0.717) is 24.9 Å². The number of nitrogens with zero attached hydrogens (tertiary/aromatic N) is 2. The van der Waals surface area contributed by atoms with E-state index in [1.807, 2.05) is 0 Å². The van der Waals surface area contributed by atoms with E-state index in [-0.39, 0.29) is 5.91 Å². The fraction of sp³-hybridized carbons (Fsp3) is 0.667. The predicted octanol–water partition coefficient (Wildman–Crippen LogP) is 2.56. The van der Waals surface area contributed by atoms with Crippen molar-refractivity contribution in [3.8, 4) is 0 Å². The number of hydrogen-bond donors (Lipinski definition) is 1. The van der Waals surface area contributed by atoms with E-state index in [2.05, 4.69) is 22.1 Å². The average molecular weight is 372 g/mol. The zero-order valence-corrected chi connectivity index (χ0v) is 15.6. The van der Waals surface area contributed by atoms with Crippen LogP contribution in [0.4, 0.5) is 5.13 Å². The molecular weight excluding hydrogens is 350 g/mol. The third kappa shape index (κ3) is 4.65. The smallest absolute Gasteiger partial charge is 0.236 e. The molecule has 1 aromatic heterocycles. The second kappa shape index (κ2) is 7.92. The maximum Gasteiger partial charge on any atom is 0.236 e. The van der Waals surface area contributed by atoms with Crippen LogP contribution in [0, 0.1) is 5.92 Å². The van der Waals surface area contributed by atoms with E-state index in [1.165, 1.54) is 28.8 Å². The van der Waals surface area contributed by atoms with Crippen molar-refractivity contribution in [1.82, 2.24) is 9.88 Å². The topological polar surface area (TPSA) is 54.5 Å². The lowest BCUT2D eigenvalue weighted by atomic mass is 9.93. The number of thiazole rings is 1. The van der Waals surface area contributed by atoms with Crippen molar-refractivity contribution in [2.75, 3.05) is 37.4 Å². The van der Waals surface area contributed by atoms with E-state index < -0.39 is 0 Å². The molecule has 2 aliphatic rings. The zero-order valence-electron chi connectivity index (χ0n) is 13.2. The standard InChI is InChI=1S/C15H21N3O2S3/c1-10-2-3-11-12(8-10)23-14(16-11)17-13(19)9-22-15(21)18-4-6-20-7-5-18/h10H,2-9H2,1H3,(H,16,17,19). The molecule has 0 radical (unpaired) electrons. The van der Waals surface area contributed by atoms with E-state index in [4.69, 9.17) is 17.0 Å². The Kier molecular flexibility index (Phi) is 5.90. The van der Waals surface area contributed by atoms with Gasteiger partial charge in [-0.2, -0.15) is 0 Å². The number of carbonyl (C=O) groups is 1. The predicted molar refractivity (Wildman–Crippen MR) is 99.4 cm³/mol. The molecule has 0 aromatic carbocycles. The van der Waals surface area contributed by atoms with Gasteiger partial charge in [0, 0.05) is 18.0 Å². The molecule has 0 bridgehead atoms. The Hall–Kier alpha value is -0.700. The number of hydrogen-bond acceptors (Lipinski definition) is 6. The van der Waals surface area contributed by atoms with Crippen molar-refractivity contribution in [1.29, 1.82) is 0 Å². The van der Waals surface area contributed by atoms with E-state index in [0.717, 1.165) is 35.4 Å². The zero-order chi connectivity index (χ0) is 16.2. The van der Waals surface area contributed by atoms with Crippen LogP contribution >= 0.6 is 35.3 Å². The van der Waals surface area contributed by atoms with Crippen LogP contribution in [0.25, 0.3) is 0 Å². The summed E-state index contributed by atoms with van der Waals surface area (Å²) in [6.45, 7) is 5.30.